The van der Waals surface area contributed by atoms with Crippen LogP contribution in [0.4, 0.5) is 0 Å². The summed E-state index contributed by atoms with van der Waals surface area (Å²) in [5.74, 6) is 2.20. The van der Waals surface area contributed by atoms with Crippen LogP contribution in [0.15, 0.2) is 59.0 Å². The summed E-state index contributed by atoms with van der Waals surface area (Å²) >= 11 is 0. The summed E-state index contributed by atoms with van der Waals surface area (Å²) in [4.78, 5) is 16.7. The molecule has 3 rings (SSSR count). The van der Waals surface area contributed by atoms with E-state index in [0.717, 1.165) is 34.8 Å². The van der Waals surface area contributed by atoms with Crippen LogP contribution in [0, 0.1) is 6.92 Å². The second kappa shape index (κ2) is 9.03. The van der Waals surface area contributed by atoms with E-state index in [1.807, 2.05) is 61.5 Å². The highest BCUT2D eigenvalue weighted by Gasteiger charge is 2.12. The number of oxazole rings is 1. The van der Waals surface area contributed by atoms with Crippen molar-refractivity contribution in [1.29, 1.82) is 0 Å². The highest BCUT2D eigenvalue weighted by atomic mass is 16.5. The highest BCUT2D eigenvalue weighted by Crippen LogP contribution is 2.22. The van der Waals surface area contributed by atoms with Gasteiger partial charge in [0, 0.05) is 24.9 Å². The molecule has 1 heterocycles. The molecular formula is C22H24N2O3. The standard InChI is InChI=1S/C22H24N2O3/c1-16-20(24-22(27-16)18-8-4-3-5-9-18)11-12-21(25)23-14-13-17-7-6-10-19(15-17)26-2/h3-10,15H,11-14H2,1-2H3,(H,23,25). The number of hydrogen-bond acceptors (Lipinski definition) is 4. The topological polar surface area (TPSA) is 64.4 Å². The third-order valence-electron chi connectivity index (χ3n) is 4.37. The van der Waals surface area contributed by atoms with Crippen LogP contribution >= 0.6 is 0 Å². The van der Waals surface area contributed by atoms with Gasteiger partial charge in [0.1, 0.15) is 11.5 Å². The monoisotopic (exact) mass is 364 g/mol. The maximum Gasteiger partial charge on any atom is 0.226 e. The van der Waals surface area contributed by atoms with Crippen molar-refractivity contribution >= 4 is 5.91 Å². The van der Waals surface area contributed by atoms with Gasteiger partial charge in [0.05, 0.1) is 12.8 Å². The predicted molar refractivity (Wildman–Crippen MR) is 105 cm³/mol. The van der Waals surface area contributed by atoms with Crippen molar-refractivity contribution < 1.29 is 13.9 Å². The molecule has 5 heteroatoms. The van der Waals surface area contributed by atoms with Gasteiger partial charge in [0.15, 0.2) is 0 Å². The summed E-state index contributed by atoms with van der Waals surface area (Å²) in [6.45, 7) is 2.48. The van der Waals surface area contributed by atoms with Gasteiger partial charge in [-0.25, -0.2) is 4.98 Å². The number of nitrogens with one attached hydrogen (secondary N) is 1. The minimum absolute atomic E-state index is 0.0153. The van der Waals surface area contributed by atoms with Gasteiger partial charge in [-0.2, -0.15) is 0 Å². The number of amides is 1. The number of methoxy groups -OCH3 is 1. The molecular weight excluding hydrogens is 340 g/mol. The van der Waals surface area contributed by atoms with Crippen LogP contribution in [0.2, 0.25) is 0 Å². The van der Waals surface area contributed by atoms with Crippen molar-refractivity contribution in [3.8, 4) is 17.2 Å². The number of carbonyl (C=O) groups excluding carboxylic acids is 1. The molecule has 3 aromatic rings. The molecule has 0 unspecified atom stereocenters. The third-order valence-corrected chi connectivity index (χ3v) is 4.37. The first-order chi connectivity index (χ1) is 13.2. The second-order valence-corrected chi connectivity index (χ2v) is 6.34. The molecule has 0 radical (unpaired) electrons. The lowest BCUT2D eigenvalue weighted by Gasteiger charge is -2.06. The van der Waals surface area contributed by atoms with Crippen molar-refractivity contribution in [2.75, 3.05) is 13.7 Å². The summed E-state index contributed by atoms with van der Waals surface area (Å²) in [5, 5.41) is 2.96. The molecule has 1 aromatic heterocycles. The van der Waals surface area contributed by atoms with E-state index in [1.54, 1.807) is 7.11 Å². The Morgan fingerprint density at radius 2 is 1.93 bits per heavy atom. The van der Waals surface area contributed by atoms with Crippen LogP contribution in [0.25, 0.3) is 11.5 Å². The number of ether oxygens (including phenoxy) is 1. The number of benzene rings is 2. The Balaban J connectivity index is 1.47. The molecule has 27 heavy (non-hydrogen) atoms. The minimum Gasteiger partial charge on any atom is -0.497 e. The van der Waals surface area contributed by atoms with Crippen LogP contribution in [0.1, 0.15) is 23.4 Å². The smallest absolute Gasteiger partial charge is 0.226 e. The SMILES string of the molecule is COc1cccc(CCNC(=O)CCc2nc(-c3ccccc3)oc2C)c1. The summed E-state index contributed by atoms with van der Waals surface area (Å²) < 4.78 is 11.0. The molecule has 5 nitrogen and oxygen atoms in total. The number of carbonyl (C=O) groups is 1. The summed E-state index contributed by atoms with van der Waals surface area (Å²) in [6.07, 6.45) is 1.72. The van der Waals surface area contributed by atoms with Crippen molar-refractivity contribution in [3.63, 3.8) is 0 Å². The largest absolute Gasteiger partial charge is 0.497 e. The number of aromatic nitrogens is 1. The highest BCUT2D eigenvalue weighted by molar-refractivity contribution is 5.76. The van der Waals surface area contributed by atoms with E-state index in [4.69, 9.17) is 9.15 Å². The lowest BCUT2D eigenvalue weighted by atomic mass is 10.1. The number of aryl methyl sites for hydroxylation is 2. The fourth-order valence-electron chi connectivity index (χ4n) is 2.86. The molecule has 0 saturated heterocycles. The lowest BCUT2D eigenvalue weighted by Crippen LogP contribution is -2.26. The van der Waals surface area contributed by atoms with Gasteiger partial charge in [-0.15, -0.1) is 0 Å². The molecule has 0 saturated carbocycles. The van der Waals surface area contributed by atoms with E-state index in [0.29, 0.717) is 25.3 Å². The predicted octanol–water partition coefficient (Wildman–Crippen LogP) is 3.95. The Kier molecular flexibility index (Phi) is 6.26. The fourth-order valence-corrected chi connectivity index (χ4v) is 2.86. The van der Waals surface area contributed by atoms with Gasteiger partial charge in [-0.3, -0.25) is 4.79 Å². The van der Waals surface area contributed by atoms with Crippen molar-refractivity contribution in [2.45, 2.75) is 26.2 Å². The van der Waals surface area contributed by atoms with E-state index in [9.17, 15) is 4.79 Å². The third kappa shape index (κ3) is 5.20. The van der Waals surface area contributed by atoms with Gasteiger partial charge < -0.3 is 14.5 Å². The van der Waals surface area contributed by atoms with Gasteiger partial charge >= 0.3 is 0 Å². The van der Waals surface area contributed by atoms with Gasteiger partial charge in [0.25, 0.3) is 0 Å². The quantitative estimate of drug-likeness (QED) is 0.657. The van der Waals surface area contributed by atoms with E-state index >= 15 is 0 Å². The molecule has 0 aliphatic rings. The molecule has 0 fully saturated rings. The van der Waals surface area contributed by atoms with Crippen LogP contribution in [-0.2, 0) is 17.6 Å². The van der Waals surface area contributed by atoms with Crippen LogP contribution in [0.5, 0.6) is 5.75 Å². The first-order valence-corrected chi connectivity index (χ1v) is 9.07. The fraction of sp³-hybridized carbons (Fsp3) is 0.273. The molecule has 2 aromatic carbocycles. The Morgan fingerprint density at radius 1 is 1.11 bits per heavy atom. The van der Waals surface area contributed by atoms with E-state index in [1.165, 1.54) is 0 Å². The van der Waals surface area contributed by atoms with Crippen LogP contribution < -0.4 is 10.1 Å². The Morgan fingerprint density at radius 3 is 2.70 bits per heavy atom. The van der Waals surface area contributed by atoms with Crippen molar-refractivity contribution in [1.82, 2.24) is 10.3 Å². The number of rotatable bonds is 8. The molecule has 1 N–H and O–H groups in total. The van der Waals surface area contributed by atoms with Gasteiger partial charge in [-0.1, -0.05) is 30.3 Å². The first kappa shape index (κ1) is 18.7. The van der Waals surface area contributed by atoms with Gasteiger partial charge in [0.2, 0.25) is 11.8 Å². The zero-order valence-electron chi connectivity index (χ0n) is 15.7. The van der Waals surface area contributed by atoms with E-state index in [2.05, 4.69) is 10.3 Å². The molecule has 1 amide bonds. The van der Waals surface area contributed by atoms with Gasteiger partial charge in [-0.05, 0) is 43.2 Å². The summed E-state index contributed by atoms with van der Waals surface area (Å²) in [5.41, 5.74) is 2.90. The van der Waals surface area contributed by atoms with E-state index in [-0.39, 0.29) is 5.91 Å². The number of nitrogens with zero attached hydrogens (tertiary/aromatic N) is 1. The Labute approximate surface area is 159 Å². The van der Waals surface area contributed by atoms with E-state index < -0.39 is 0 Å². The molecule has 0 aliphatic heterocycles. The van der Waals surface area contributed by atoms with Crippen molar-refractivity contribution in [2.24, 2.45) is 0 Å². The average molecular weight is 364 g/mol. The van der Waals surface area contributed by atoms with Crippen LogP contribution in [-0.4, -0.2) is 24.5 Å². The maximum absolute atomic E-state index is 12.1. The Hall–Kier alpha value is -3.08. The molecule has 0 atom stereocenters. The second-order valence-electron chi connectivity index (χ2n) is 6.34. The molecule has 0 aliphatic carbocycles. The Bertz CT molecular complexity index is 888. The average Bonchev–Trinajstić information content (AvgIpc) is 3.08. The van der Waals surface area contributed by atoms with Crippen LogP contribution in [0.3, 0.4) is 0 Å². The zero-order valence-corrected chi connectivity index (χ0v) is 15.7. The molecule has 0 bridgehead atoms. The maximum atomic E-state index is 12.1. The summed E-state index contributed by atoms with van der Waals surface area (Å²) in [6, 6.07) is 17.6. The number of hydrogen-bond donors (Lipinski definition) is 1. The normalized spacial score (nSPS) is 10.6. The molecule has 140 valence electrons. The zero-order chi connectivity index (χ0) is 19.1. The lowest BCUT2D eigenvalue weighted by molar-refractivity contribution is -0.121. The van der Waals surface area contributed by atoms with Crippen molar-refractivity contribution in [3.05, 3.63) is 71.6 Å². The minimum atomic E-state index is 0.0153. The summed E-state index contributed by atoms with van der Waals surface area (Å²) in [7, 11) is 1.65. The first-order valence-electron chi connectivity index (χ1n) is 9.07. The molecule has 0 spiro atoms.